The van der Waals surface area contributed by atoms with Gasteiger partial charge in [-0.1, -0.05) is 12.1 Å². The van der Waals surface area contributed by atoms with Crippen LogP contribution in [0.5, 0.6) is 0 Å². The number of carbonyl (C=O) groups is 1. The summed E-state index contributed by atoms with van der Waals surface area (Å²) in [6, 6.07) is 10.6. The number of carbonyl (C=O) groups excluding carboxylic acids is 1. The zero-order valence-electron chi connectivity index (χ0n) is 10.4. The summed E-state index contributed by atoms with van der Waals surface area (Å²) < 4.78 is 2.18. The van der Waals surface area contributed by atoms with E-state index in [1.165, 1.54) is 10.6 Å². The second-order valence-corrected chi connectivity index (χ2v) is 5.05. The molecular weight excluding hydrogens is 308 g/mol. The number of pyridine rings is 1. The highest BCUT2D eigenvalue weighted by atomic mass is 79.9. The molecule has 1 aromatic carbocycles. The minimum Gasteiger partial charge on any atom is -0.324 e. The average Bonchev–Trinajstić information content (AvgIpc) is 2.36. The second kappa shape index (κ2) is 5.84. The molecule has 1 aromatic heterocycles. The molecule has 0 bridgehead atoms. The van der Waals surface area contributed by atoms with Gasteiger partial charge in [0.2, 0.25) is 5.91 Å². The molecule has 2 rings (SSSR count). The summed E-state index contributed by atoms with van der Waals surface area (Å²) in [6.07, 6.45) is 1.62. The van der Waals surface area contributed by atoms with E-state index in [2.05, 4.69) is 21.2 Å². The van der Waals surface area contributed by atoms with E-state index in [-0.39, 0.29) is 18.0 Å². The summed E-state index contributed by atoms with van der Waals surface area (Å²) in [5, 5.41) is 2.75. The van der Waals surface area contributed by atoms with Crippen LogP contribution in [0.4, 0.5) is 5.69 Å². The van der Waals surface area contributed by atoms with E-state index in [1.54, 1.807) is 18.3 Å². The first kappa shape index (κ1) is 13.5. The number of nitrogens with one attached hydrogen (secondary N) is 1. The fourth-order valence-corrected chi connectivity index (χ4v) is 2.03. The Morgan fingerprint density at radius 2 is 2.05 bits per heavy atom. The third-order valence-corrected chi connectivity index (χ3v) is 3.30. The van der Waals surface area contributed by atoms with Crippen molar-refractivity contribution in [3.63, 3.8) is 0 Å². The van der Waals surface area contributed by atoms with E-state index in [0.29, 0.717) is 5.69 Å². The van der Waals surface area contributed by atoms with E-state index in [4.69, 9.17) is 0 Å². The standard InChI is InChI=1S/C14H13BrN2O2/c1-10-6-7-17(14(19)8-10)9-13(18)16-12-5-3-2-4-11(12)15/h2-8H,9H2,1H3,(H,16,18). The van der Waals surface area contributed by atoms with Gasteiger partial charge in [-0.05, 0) is 46.6 Å². The Morgan fingerprint density at radius 3 is 2.74 bits per heavy atom. The minimum absolute atomic E-state index is 0.000444. The first-order chi connectivity index (χ1) is 9.06. The van der Waals surface area contributed by atoms with E-state index < -0.39 is 0 Å². The summed E-state index contributed by atoms with van der Waals surface area (Å²) in [4.78, 5) is 23.5. The molecule has 1 amide bonds. The summed E-state index contributed by atoms with van der Waals surface area (Å²) in [5.74, 6) is -0.238. The fraction of sp³-hybridized carbons (Fsp3) is 0.143. The van der Waals surface area contributed by atoms with Crippen LogP contribution in [0.2, 0.25) is 0 Å². The Bertz CT molecular complexity index is 664. The summed E-state index contributed by atoms with van der Waals surface area (Å²) in [6.45, 7) is 1.84. The van der Waals surface area contributed by atoms with Gasteiger partial charge in [-0.3, -0.25) is 9.59 Å². The SMILES string of the molecule is Cc1ccn(CC(=O)Nc2ccccc2Br)c(=O)c1. The van der Waals surface area contributed by atoms with Crippen molar-refractivity contribution in [3.8, 4) is 0 Å². The third-order valence-electron chi connectivity index (χ3n) is 2.61. The Labute approximate surface area is 119 Å². The zero-order valence-corrected chi connectivity index (χ0v) is 12.0. The monoisotopic (exact) mass is 320 g/mol. The molecule has 0 spiro atoms. The molecule has 5 heteroatoms. The van der Waals surface area contributed by atoms with Crippen LogP contribution in [0.1, 0.15) is 5.56 Å². The molecule has 1 N–H and O–H groups in total. The lowest BCUT2D eigenvalue weighted by Gasteiger charge is -2.08. The molecule has 19 heavy (non-hydrogen) atoms. The number of rotatable bonds is 3. The van der Waals surface area contributed by atoms with Crippen LogP contribution in [0.3, 0.4) is 0 Å². The van der Waals surface area contributed by atoms with E-state index in [0.717, 1.165) is 10.0 Å². The van der Waals surface area contributed by atoms with Crippen molar-refractivity contribution in [1.82, 2.24) is 4.57 Å². The molecule has 98 valence electrons. The van der Waals surface area contributed by atoms with Gasteiger partial charge in [0.1, 0.15) is 6.54 Å². The summed E-state index contributed by atoms with van der Waals surface area (Å²) in [7, 11) is 0. The van der Waals surface area contributed by atoms with Crippen LogP contribution < -0.4 is 10.9 Å². The van der Waals surface area contributed by atoms with E-state index >= 15 is 0 Å². The van der Waals surface area contributed by atoms with Crippen molar-refractivity contribution in [1.29, 1.82) is 0 Å². The third kappa shape index (κ3) is 3.54. The highest BCUT2D eigenvalue weighted by Crippen LogP contribution is 2.20. The van der Waals surface area contributed by atoms with Gasteiger partial charge in [0.15, 0.2) is 0 Å². The van der Waals surface area contributed by atoms with Crippen LogP contribution in [0.25, 0.3) is 0 Å². The quantitative estimate of drug-likeness (QED) is 0.944. The fourth-order valence-electron chi connectivity index (χ4n) is 1.64. The molecule has 0 atom stereocenters. The van der Waals surface area contributed by atoms with Gasteiger partial charge in [0, 0.05) is 16.7 Å². The summed E-state index contributed by atoms with van der Waals surface area (Å²) in [5.41, 5.74) is 1.39. The molecule has 0 aliphatic rings. The Balaban J connectivity index is 2.10. The van der Waals surface area contributed by atoms with Crippen LogP contribution >= 0.6 is 15.9 Å². The highest BCUT2D eigenvalue weighted by molar-refractivity contribution is 9.10. The highest BCUT2D eigenvalue weighted by Gasteiger charge is 2.06. The molecule has 2 aromatic rings. The number of amides is 1. The van der Waals surface area contributed by atoms with Gasteiger partial charge in [-0.25, -0.2) is 0 Å². The molecule has 0 aliphatic carbocycles. The molecule has 1 heterocycles. The topological polar surface area (TPSA) is 51.1 Å². The lowest BCUT2D eigenvalue weighted by atomic mass is 10.3. The first-order valence-corrected chi connectivity index (χ1v) is 6.57. The van der Waals surface area contributed by atoms with Crippen LogP contribution in [-0.4, -0.2) is 10.5 Å². The van der Waals surface area contributed by atoms with Crippen molar-refractivity contribution >= 4 is 27.5 Å². The maximum absolute atomic E-state index is 11.9. The Kier molecular flexibility index (Phi) is 4.16. The Hall–Kier alpha value is -1.88. The summed E-state index contributed by atoms with van der Waals surface area (Å²) >= 11 is 3.35. The number of aryl methyl sites for hydroxylation is 1. The number of halogens is 1. The smallest absolute Gasteiger partial charge is 0.251 e. The molecule has 0 radical (unpaired) electrons. The van der Waals surface area contributed by atoms with E-state index in [9.17, 15) is 9.59 Å². The number of para-hydroxylation sites is 1. The number of anilines is 1. The van der Waals surface area contributed by atoms with Gasteiger partial charge in [0.05, 0.1) is 5.69 Å². The van der Waals surface area contributed by atoms with Gasteiger partial charge < -0.3 is 9.88 Å². The number of nitrogens with zero attached hydrogens (tertiary/aromatic N) is 1. The normalized spacial score (nSPS) is 10.2. The van der Waals surface area contributed by atoms with Gasteiger partial charge in [-0.15, -0.1) is 0 Å². The van der Waals surface area contributed by atoms with Crippen LogP contribution in [-0.2, 0) is 11.3 Å². The number of hydrogen-bond acceptors (Lipinski definition) is 2. The zero-order chi connectivity index (χ0) is 13.8. The van der Waals surface area contributed by atoms with Gasteiger partial charge >= 0.3 is 0 Å². The molecule has 0 unspecified atom stereocenters. The maximum atomic E-state index is 11.9. The lowest BCUT2D eigenvalue weighted by molar-refractivity contribution is -0.116. The molecular formula is C14H13BrN2O2. The predicted molar refractivity (Wildman–Crippen MR) is 78.2 cm³/mol. The van der Waals surface area contributed by atoms with Crippen LogP contribution in [0.15, 0.2) is 51.9 Å². The van der Waals surface area contributed by atoms with Gasteiger partial charge in [-0.2, -0.15) is 0 Å². The van der Waals surface area contributed by atoms with Crippen molar-refractivity contribution < 1.29 is 4.79 Å². The van der Waals surface area contributed by atoms with Crippen molar-refractivity contribution in [2.75, 3.05) is 5.32 Å². The van der Waals surface area contributed by atoms with Crippen molar-refractivity contribution in [3.05, 3.63) is 63.0 Å². The number of aromatic nitrogens is 1. The molecule has 0 saturated heterocycles. The maximum Gasteiger partial charge on any atom is 0.251 e. The number of hydrogen-bond donors (Lipinski definition) is 1. The van der Waals surface area contributed by atoms with Crippen molar-refractivity contribution in [2.24, 2.45) is 0 Å². The van der Waals surface area contributed by atoms with Crippen LogP contribution in [0, 0.1) is 6.92 Å². The first-order valence-electron chi connectivity index (χ1n) is 5.78. The Morgan fingerprint density at radius 1 is 1.32 bits per heavy atom. The molecule has 0 aliphatic heterocycles. The average molecular weight is 321 g/mol. The minimum atomic E-state index is -0.238. The lowest BCUT2D eigenvalue weighted by Crippen LogP contribution is -2.26. The molecule has 0 fully saturated rings. The molecule has 0 saturated carbocycles. The van der Waals surface area contributed by atoms with Gasteiger partial charge in [0.25, 0.3) is 5.56 Å². The van der Waals surface area contributed by atoms with E-state index in [1.807, 2.05) is 25.1 Å². The largest absolute Gasteiger partial charge is 0.324 e. The number of benzene rings is 1. The predicted octanol–water partition coefficient (Wildman–Crippen LogP) is 2.56. The van der Waals surface area contributed by atoms with Crippen molar-refractivity contribution in [2.45, 2.75) is 13.5 Å². The molecule has 4 nitrogen and oxygen atoms in total. The second-order valence-electron chi connectivity index (χ2n) is 4.20.